The van der Waals surface area contributed by atoms with E-state index in [0.717, 1.165) is 0 Å². The van der Waals surface area contributed by atoms with Gasteiger partial charge >= 0.3 is 0 Å². The van der Waals surface area contributed by atoms with Gasteiger partial charge in [0.05, 0.1) is 12.4 Å². The van der Waals surface area contributed by atoms with Crippen LogP contribution in [0.3, 0.4) is 0 Å². The first kappa shape index (κ1) is 8.70. The molecule has 3 nitrogen and oxygen atoms in total. The topological polar surface area (TPSA) is 54.4 Å². The second-order valence-electron chi connectivity index (χ2n) is 1.97. The summed E-state index contributed by atoms with van der Waals surface area (Å²) in [7, 11) is -3.20. The van der Waals surface area contributed by atoms with E-state index in [1.165, 1.54) is 17.4 Å². The van der Waals surface area contributed by atoms with Gasteiger partial charge in [0.1, 0.15) is 4.21 Å². The maximum absolute atomic E-state index is 11.1. The Hall–Kier alpha value is -0.390. The molecule has 0 saturated carbocycles. The first-order valence-electron chi connectivity index (χ1n) is 3.04. The Morgan fingerprint density at radius 2 is 2.27 bits per heavy atom. The molecule has 0 aromatic carbocycles. The molecule has 0 aliphatic heterocycles. The molecule has 0 fully saturated rings. The van der Waals surface area contributed by atoms with Crippen molar-refractivity contribution in [3.63, 3.8) is 0 Å². The molecular weight excluding hydrogens is 184 g/mol. The van der Waals surface area contributed by atoms with Gasteiger partial charge in [-0.3, -0.25) is 0 Å². The van der Waals surface area contributed by atoms with Crippen molar-refractivity contribution in [2.24, 2.45) is 0 Å². The molecule has 0 saturated heterocycles. The zero-order valence-corrected chi connectivity index (χ0v) is 7.36. The van der Waals surface area contributed by atoms with Crippen molar-refractivity contribution < 1.29 is 13.5 Å². The van der Waals surface area contributed by atoms with Crippen molar-refractivity contribution in [1.82, 2.24) is 0 Å². The van der Waals surface area contributed by atoms with Crippen LogP contribution in [-0.2, 0) is 9.84 Å². The van der Waals surface area contributed by atoms with Crippen molar-refractivity contribution in [2.75, 3.05) is 12.4 Å². The van der Waals surface area contributed by atoms with E-state index in [1.807, 2.05) is 0 Å². The third-order valence-electron chi connectivity index (χ3n) is 1.16. The molecule has 0 amide bonds. The summed E-state index contributed by atoms with van der Waals surface area (Å²) in [6, 6.07) is 3.21. The minimum atomic E-state index is -3.20. The summed E-state index contributed by atoms with van der Waals surface area (Å²) >= 11 is 1.17. The van der Waals surface area contributed by atoms with Crippen molar-refractivity contribution in [3.05, 3.63) is 17.5 Å². The molecule has 0 bridgehead atoms. The summed E-state index contributed by atoms with van der Waals surface area (Å²) < 4.78 is 22.6. The minimum Gasteiger partial charge on any atom is -0.395 e. The van der Waals surface area contributed by atoms with Gasteiger partial charge < -0.3 is 5.11 Å². The number of hydrogen-bond donors (Lipinski definition) is 1. The lowest BCUT2D eigenvalue weighted by atomic mass is 10.7. The van der Waals surface area contributed by atoms with Crippen LogP contribution in [0.4, 0.5) is 0 Å². The van der Waals surface area contributed by atoms with Crippen LogP contribution in [0, 0.1) is 0 Å². The molecule has 1 aromatic rings. The van der Waals surface area contributed by atoms with Gasteiger partial charge in [-0.25, -0.2) is 8.42 Å². The molecule has 1 aromatic heterocycles. The van der Waals surface area contributed by atoms with Crippen LogP contribution >= 0.6 is 11.3 Å². The van der Waals surface area contributed by atoms with E-state index >= 15 is 0 Å². The van der Waals surface area contributed by atoms with E-state index in [4.69, 9.17) is 5.11 Å². The van der Waals surface area contributed by atoms with Gasteiger partial charge in [-0.1, -0.05) is 6.07 Å². The maximum atomic E-state index is 11.1. The molecule has 11 heavy (non-hydrogen) atoms. The highest BCUT2D eigenvalue weighted by Crippen LogP contribution is 2.16. The minimum absolute atomic E-state index is 0.187. The molecule has 0 atom stereocenters. The van der Waals surface area contributed by atoms with Crippen molar-refractivity contribution in [2.45, 2.75) is 4.21 Å². The van der Waals surface area contributed by atoms with E-state index in [1.54, 1.807) is 11.4 Å². The normalized spacial score (nSPS) is 11.7. The van der Waals surface area contributed by atoms with E-state index in [0.29, 0.717) is 4.21 Å². The second kappa shape index (κ2) is 3.34. The number of thiophene rings is 1. The summed E-state index contributed by atoms with van der Waals surface area (Å²) in [5.41, 5.74) is 0. The molecular formula is C6H8O3S2. The van der Waals surface area contributed by atoms with Crippen molar-refractivity contribution >= 4 is 21.2 Å². The van der Waals surface area contributed by atoms with Gasteiger partial charge in [-0.2, -0.15) is 0 Å². The van der Waals surface area contributed by atoms with Crippen LogP contribution < -0.4 is 0 Å². The quantitative estimate of drug-likeness (QED) is 0.759. The van der Waals surface area contributed by atoms with Crippen LogP contribution in [0.1, 0.15) is 0 Å². The highest BCUT2D eigenvalue weighted by molar-refractivity contribution is 7.93. The van der Waals surface area contributed by atoms with Crippen LogP contribution in [-0.4, -0.2) is 25.9 Å². The Labute approximate surface area is 69.2 Å². The lowest BCUT2D eigenvalue weighted by Crippen LogP contribution is -2.08. The monoisotopic (exact) mass is 192 g/mol. The van der Waals surface area contributed by atoms with Crippen LogP contribution in [0.15, 0.2) is 21.7 Å². The van der Waals surface area contributed by atoms with Gasteiger partial charge in [-0.05, 0) is 11.4 Å². The standard InChI is InChI=1S/C6H8O3S2/c7-3-5-11(8,9)6-2-1-4-10-6/h1-2,4,7H,3,5H2. The number of rotatable bonds is 3. The van der Waals surface area contributed by atoms with Gasteiger partial charge in [-0.15, -0.1) is 11.3 Å². The van der Waals surface area contributed by atoms with E-state index in [9.17, 15) is 8.42 Å². The SMILES string of the molecule is O=S(=O)(CCO)c1cccs1. The lowest BCUT2D eigenvalue weighted by Gasteiger charge is -1.95. The van der Waals surface area contributed by atoms with Crippen molar-refractivity contribution in [1.29, 1.82) is 0 Å². The second-order valence-corrected chi connectivity index (χ2v) is 5.26. The molecule has 1 N–H and O–H groups in total. The molecule has 62 valence electrons. The molecule has 0 unspecified atom stereocenters. The maximum Gasteiger partial charge on any atom is 0.189 e. The molecule has 1 rings (SSSR count). The summed E-state index contributed by atoms with van der Waals surface area (Å²) in [6.07, 6.45) is 0. The Balaban J connectivity index is 2.92. The Morgan fingerprint density at radius 1 is 1.55 bits per heavy atom. The third-order valence-corrected chi connectivity index (χ3v) is 4.34. The van der Waals surface area contributed by atoms with Gasteiger partial charge in [0.25, 0.3) is 0 Å². The zero-order valence-electron chi connectivity index (χ0n) is 5.73. The summed E-state index contributed by atoms with van der Waals surface area (Å²) in [4.78, 5) is 0. The average Bonchev–Trinajstić information content (AvgIpc) is 2.37. The van der Waals surface area contributed by atoms with Crippen molar-refractivity contribution in [3.8, 4) is 0 Å². The molecule has 0 aliphatic carbocycles. The Morgan fingerprint density at radius 3 is 2.73 bits per heavy atom. The van der Waals surface area contributed by atoms with Crippen LogP contribution in [0.5, 0.6) is 0 Å². The molecule has 1 heterocycles. The fourth-order valence-electron chi connectivity index (χ4n) is 0.661. The summed E-state index contributed by atoms with van der Waals surface area (Å²) in [5, 5.41) is 10.1. The predicted octanol–water partition coefficient (Wildman–Crippen LogP) is 0.514. The summed E-state index contributed by atoms with van der Waals surface area (Å²) in [6.45, 7) is -0.319. The lowest BCUT2D eigenvalue weighted by molar-refractivity contribution is 0.319. The van der Waals surface area contributed by atoms with Crippen LogP contribution in [0.2, 0.25) is 0 Å². The van der Waals surface area contributed by atoms with Gasteiger partial charge in [0, 0.05) is 0 Å². The molecule has 0 radical (unpaired) electrons. The number of sulfone groups is 1. The first-order valence-corrected chi connectivity index (χ1v) is 5.57. The van der Waals surface area contributed by atoms with Crippen LogP contribution in [0.25, 0.3) is 0 Å². The number of hydrogen-bond acceptors (Lipinski definition) is 4. The highest BCUT2D eigenvalue weighted by Gasteiger charge is 2.13. The van der Waals surface area contributed by atoms with E-state index < -0.39 is 9.84 Å². The number of aliphatic hydroxyl groups is 1. The van der Waals surface area contributed by atoms with E-state index in [-0.39, 0.29) is 12.4 Å². The molecule has 5 heteroatoms. The highest BCUT2D eigenvalue weighted by atomic mass is 32.2. The third kappa shape index (κ3) is 2.02. The predicted molar refractivity (Wildman–Crippen MR) is 43.5 cm³/mol. The van der Waals surface area contributed by atoms with E-state index in [2.05, 4.69) is 0 Å². The summed E-state index contributed by atoms with van der Waals surface area (Å²) in [5.74, 6) is -0.187. The zero-order chi connectivity index (χ0) is 8.32. The molecule has 0 aliphatic rings. The van der Waals surface area contributed by atoms with Gasteiger partial charge in [0.2, 0.25) is 0 Å². The number of aliphatic hydroxyl groups excluding tert-OH is 1. The average molecular weight is 192 g/mol. The fourth-order valence-corrected chi connectivity index (χ4v) is 2.84. The first-order chi connectivity index (χ1) is 5.17. The Kier molecular flexibility index (Phi) is 2.64. The fraction of sp³-hybridized carbons (Fsp3) is 0.333. The smallest absolute Gasteiger partial charge is 0.189 e. The Bertz CT molecular complexity index is 299. The molecule has 0 spiro atoms. The largest absolute Gasteiger partial charge is 0.395 e. The van der Waals surface area contributed by atoms with Gasteiger partial charge in [0.15, 0.2) is 9.84 Å².